The molecule has 0 spiro atoms. The van der Waals surface area contributed by atoms with Crippen LogP contribution in [0.2, 0.25) is 0 Å². The lowest BCUT2D eigenvalue weighted by Gasteiger charge is -1.87. The lowest BCUT2D eigenvalue weighted by atomic mass is 10.2. The maximum atomic E-state index is 8.53. The van der Waals surface area contributed by atoms with Gasteiger partial charge in [0.2, 0.25) is 0 Å². The molecular weight excluding hydrogens is 148 g/mol. The van der Waals surface area contributed by atoms with Crippen LogP contribution in [0.15, 0.2) is 35.5 Å². The monoisotopic (exact) mass is 162 g/mol. The minimum Gasteiger partial charge on any atom is -0.392 e. The summed E-state index contributed by atoms with van der Waals surface area (Å²) < 4.78 is 0. The molecule has 0 aliphatic carbocycles. The largest absolute Gasteiger partial charge is 0.392 e. The average molecular weight is 162 g/mol. The summed E-state index contributed by atoms with van der Waals surface area (Å²) in [6.07, 6.45) is 12.5. The molecule has 0 aromatic heterocycles. The molecule has 0 saturated carbocycles. The predicted octanol–water partition coefficient (Wildman–Crippen LogP) is 2.06. The molecule has 0 aliphatic heterocycles. The van der Waals surface area contributed by atoms with Gasteiger partial charge in [0, 0.05) is 0 Å². The fourth-order valence-corrected chi connectivity index (χ4v) is 0.604. The van der Waals surface area contributed by atoms with Gasteiger partial charge in [0.1, 0.15) is 0 Å². The van der Waals surface area contributed by atoms with Crippen molar-refractivity contribution >= 4 is 0 Å². The van der Waals surface area contributed by atoms with Crippen molar-refractivity contribution in [3.8, 4) is 12.3 Å². The number of rotatable bonds is 3. The summed E-state index contributed by atoms with van der Waals surface area (Å²) in [5.74, 6) is 2.51. The Labute approximate surface area is 74.1 Å². The van der Waals surface area contributed by atoms with Gasteiger partial charge >= 0.3 is 0 Å². The zero-order valence-corrected chi connectivity index (χ0v) is 7.54. The SMILES string of the molecule is C#C\C(C)=C/C=C/C(C)=C/CO. The zero-order valence-electron chi connectivity index (χ0n) is 7.54. The van der Waals surface area contributed by atoms with Crippen LogP contribution in [-0.2, 0) is 0 Å². The van der Waals surface area contributed by atoms with Crippen LogP contribution in [0.3, 0.4) is 0 Å². The van der Waals surface area contributed by atoms with Gasteiger partial charge in [-0.1, -0.05) is 35.8 Å². The summed E-state index contributed by atoms with van der Waals surface area (Å²) in [5, 5.41) is 8.53. The van der Waals surface area contributed by atoms with E-state index in [1.165, 1.54) is 0 Å². The van der Waals surface area contributed by atoms with Crippen molar-refractivity contribution in [2.75, 3.05) is 6.61 Å². The molecule has 1 heteroatoms. The number of hydrogen-bond acceptors (Lipinski definition) is 1. The third-order valence-corrected chi connectivity index (χ3v) is 1.35. The second kappa shape index (κ2) is 6.45. The van der Waals surface area contributed by atoms with Crippen LogP contribution >= 0.6 is 0 Å². The summed E-state index contributed by atoms with van der Waals surface area (Å²) in [6, 6.07) is 0. The fourth-order valence-electron chi connectivity index (χ4n) is 0.604. The highest BCUT2D eigenvalue weighted by molar-refractivity contribution is 5.29. The Bertz CT molecular complexity index is 249. The maximum absolute atomic E-state index is 8.53. The van der Waals surface area contributed by atoms with Gasteiger partial charge in [-0.05, 0) is 19.4 Å². The van der Waals surface area contributed by atoms with E-state index in [0.29, 0.717) is 0 Å². The van der Waals surface area contributed by atoms with E-state index in [4.69, 9.17) is 11.5 Å². The smallest absolute Gasteiger partial charge is 0.0617 e. The Morgan fingerprint density at radius 1 is 1.50 bits per heavy atom. The predicted molar refractivity (Wildman–Crippen MR) is 52.6 cm³/mol. The number of allylic oxidation sites excluding steroid dienone is 5. The summed E-state index contributed by atoms with van der Waals surface area (Å²) in [7, 11) is 0. The Hall–Kier alpha value is -1.26. The number of aliphatic hydroxyl groups excluding tert-OH is 1. The third-order valence-electron chi connectivity index (χ3n) is 1.35. The first kappa shape index (κ1) is 10.7. The molecule has 0 atom stereocenters. The molecule has 0 unspecified atom stereocenters. The summed E-state index contributed by atoms with van der Waals surface area (Å²) >= 11 is 0. The fraction of sp³-hybridized carbons (Fsp3) is 0.273. The first-order chi connectivity index (χ1) is 5.70. The molecule has 1 N–H and O–H groups in total. The first-order valence-electron chi connectivity index (χ1n) is 3.80. The molecule has 1 nitrogen and oxygen atoms in total. The molecular formula is C11H14O. The van der Waals surface area contributed by atoms with Crippen molar-refractivity contribution in [2.45, 2.75) is 13.8 Å². The highest BCUT2D eigenvalue weighted by atomic mass is 16.2. The molecule has 0 aliphatic rings. The Morgan fingerprint density at radius 2 is 2.17 bits per heavy atom. The van der Waals surface area contributed by atoms with Crippen molar-refractivity contribution in [1.29, 1.82) is 0 Å². The van der Waals surface area contributed by atoms with Crippen LogP contribution in [0.1, 0.15) is 13.8 Å². The first-order valence-corrected chi connectivity index (χ1v) is 3.80. The minimum atomic E-state index is 0.0774. The highest BCUT2D eigenvalue weighted by Gasteiger charge is 1.78. The van der Waals surface area contributed by atoms with E-state index in [1.54, 1.807) is 6.08 Å². The lowest BCUT2D eigenvalue weighted by Crippen LogP contribution is -1.75. The molecule has 0 saturated heterocycles. The number of hydrogen-bond donors (Lipinski definition) is 1. The van der Waals surface area contributed by atoms with Crippen molar-refractivity contribution in [3.63, 3.8) is 0 Å². The van der Waals surface area contributed by atoms with Crippen LogP contribution in [0.25, 0.3) is 0 Å². The molecule has 0 aromatic rings. The van der Waals surface area contributed by atoms with Crippen molar-refractivity contribution < 1.29 is 5.11 Å². The highest BCUT2D eigenvalue weighted by Crippen LogP contribution is 1.96. The minimum absolute atomic E-state index is 0.0774. The van der Waals surface area contributed by atoms with Gasteiger partial charge in [-0.15, -0.1) is 6.42 Å². The van der Waals surface area contributed by atoms with Gasteiger partial charge in [-0.25, -0.2) is 0 Å². The van der Waals surface area contributed by atoms with E-state index < -0.39 is 0 Å². The third kappa shape index (κ3) is 5.52. The second-order valence-electron chi connectivity index (χ2n) is 2.48. The van der Waals surface area contributed by atoms with E-state index in [0.717, 1.165) is 11.1 Å². The van der Waals surface area contributed by atoms with E-state index in [1.807, 2.05) is 32.1 Å². The topological polar surface area (TPSA) is 20.2 Å². The number of aliphatic hydroxyl groups is 1. The van der Waals surface area contributed by atoms with Gasteiger partial charge in [0.05, 0.1) is 6.61 Å². The van der Waals surface area contributed by atoms with Crippen molar-refractivity contribution in [1.82, 2.24) is 0 Å². The lowest BCUT2D eigenvalue weighted by molar-refractivity contribution is 0.342. The van der Waals surface area contributed by atoms with Crippen LogP contribution < -0.4 is 0 Å². The zero-order chi connectivity index (χ0) is 9.40. The molecule has 0 fully saturated rings. The summed E-state index contributed by atoms with van der Waals surface area (Å²) in [5.41, 5.74) is 1.92. The Kier molecular flexibility index (Phi) is 5.77. The second-order valence-corrected chi connectivity index (χ2v) is 2.48. The molecule has 0 rings (SSSR count). The van der Waals surface area contributed by atoms with Crippen LogP contribution in [0, 0.1) is 12.3 Å². The van der Waals surface area contributed by atoms with E-state index in [-0.39, 0.29) is 6.61 Å². The number of terminal acetylenes is 1. The molecule has 0 radical (unpaired) electrons. The van der Waals surface area contributed by atoms with E-state index >= 15 is 0 Å². The standard InChI is InChI=1S/C11H14O/c1-4-10(2)6-5-7-11(3)8-9-12/h1,5-8,12H,9H2,2-3H3/b7-5+,10-6-,11-8+. The maximum Gasteiger partial charge on any atom is 0.0617 e. The van der Waals surface area contributed by atoms with Gasteiger partial charge in [0.15, 0.2) is 0 Å². The summed E-state index contributed by atoms with van der Waals surface area (Å²) in [6.45, 7) is 3.87. The van der Waals surface area contributed by atoms with Crippen LogP contribution in [-0.4, -0.2) is 11.7 Å². The van der Waals surface area contributed by atoms with Gasteiger partial charge in [-0.2, -0.15) is 0 Å². The quantitative estimate of drug-likeness (QED) is 0.497. The molecule has 0 bridgehead atoms. The van der Waals surface area contributed by atoms with Crippen molar-refractivity contribution in [3.05, 3.63) is 35.5 Å². The van der Waals surface area contributed by atoms with E-state index in [9.17, 15) is 0 Å². The Morgan fingerprint density at radius 3 is 2.67 bits per heavy atom. The molecule has 0 amide bonds. The molecule has 12 heavy (non-hydrogen) atoms. The Balaban J connectivity index is 4.11. The van der Waals surface area contributed by atoms with Gasteiger partial charge < -0.3 is 5.11 Å². The summed E-state index contributed by atoms with van der Waals surface area (Å²) in [4.78, 5) is 0. The van der Waals surface area contributed by atoms with Gasteiger partial charge in [-0.3, -0.25) is 0 Å². The van der Waals surface area contributed by atoms with Crippen LogP contribution in [0.5, 0.6) is 0 Å². The van der Waals surface area contributed by atoms with E-state index in [2.05, 4.69) is 5.92 Å². The van der Waals surface area contributed by atoms with Crippen LogP contribution in [0.4, 0.5) is 0 Å². The van der Waals surface area contributed by atoms with Gasteiger partial charge in [0.25, 0.3) is 0 Å². The average Bonchev–Trinajstić information content (AvgIpc) is 2.04. The molecule has 0 aromatic carbocycles. The normalized spacial score (nSPS) is 13.5. The molecule has 0 heterocycles. The van der Waals surface area contributed by atoms with Crippen molar-refractivity contribution in [2.24, 2.45) is 0 Å². The molecule has 64 valence electrons.